The number of ether oxygens (including phenoxy) is 1. The second-order valence-electron chi connectivity index (χ2n) is 4.64. The Morgan fingerprint density at radius 2 is 2.48 bits per heavy atom. The van der Waals surface area contributed by atoms with Gasteiger partial charge >= 0.3 is 0 Å². The third-order valence-corrected chi connectivity index (χ3v) is 4.20. The molecule has 5 heteroatoms. The number of aromatic nitrogens is 2. The molecule has 1 N–H and O–H groups in total. The summed E-state index contributed by atoms with van der Waals surface area (Å²) in [5, 5.41) is 12.9. The molecule has 21 heavy (non-hydrogen) atoms. The summed E-state index contributed by atoms with van der Waals surface area (Å²) in [6.07, 6.45) is 15.8. The summed E-state index contributed by atoms with van der Waals surface area (Å²) in [4.78, 5) is 0. The zero-order valence-corrected chi connectivity index (χ0v) is 13.1. The minimum atomic E-state index is 0.0485. The molecule has 0 radical (unpaired) electrons. The van der Waals surface area contributed by atoms with Gasteiger partial charge < -0.3 is 10.1 Å². The van der Waals surface area contributed by atoms with Gasteiger partial charge in [0.1, 0.15) is 6.10 Å². The molecule has 0 bridgehead atoms. The first-order valence-electron chi connectivity index (χ1n) is 6.98. The van der Waals surface area contributed by atoms with Crippen molar-refractivity contribution < 1.29 is 4.74 Å². The SMILES string of the molecule is C#C/C=C\C(=C/C)c1nnc(OC2C=CNCC2CC)s1. The molecule has 0 aliphatic carbocycles. The predicted molar refractivity (Wildman–Crippen MR) is 86.9 cm³/mol. The molecule has 1 aliphatic rings. The van der Waals surface area contributed by atoms with Gasteiger partial charge in [-0.25, -0.2) is 0 Å². The molecule has 2 rings (SSSR count). The zero-order chi connectivity index (χ0) is 15.1. The molecule has 1 aliphatic heterocycles. The summed E-state index contributed by atoms with van der Waals surface area (Å²) >= 11 is 1.44. The van der Waals surface area contributed by atoms with Crippen molar-refractivity contribution in [2.45, 2.75) is 26.4 Å². The van der Waals surface area contributed by atoms with Crippen LogP contribution in [0.5, 0.6) is 5.19 Å². The number of nitrogens with zero attached hydrogens (tertiary/aromatic N) is 2. The van der Waals surface area contributed by atoms with Crippen molar-refractivity contribution in [1.29, 1.82) is 0 Å². The van der Waals surface area contributed by atoms with Gasteiger partial charge in [-0.05, 0) is 37.8 Å². The van der Waals surface area contributed by atoms with Gasteiger partial charge in [0.25, 0.3) is 5.19 Å². The molecule has 0 fully saturated rings. The molecule has 0 saturated carbocycles. The van der Waals surface area contributed by atoms with Gasteiger partial charge in [0.15, 0.2) is 5.01 Å². The molecule has 110 valence electrons. The number of terminal acetylenes is 1. The van der Waals surface area contributed by atoms with E-state index in [1.807, 2.05) is 31.4 Å². The lowest BCUT2D eigenvalue weighted by atomic mass is 9.97. The van der Waals surface area contributed by atoms with E-state index in [-0.39, 0.29) is 6.10 Å². The van der Waals surface area contributed by atoms with E-state index in [9.17, 15) is 0 Å². The molecular formula is C16H19N3OS. The minimum absolute atomic E-state index is 0.0485. The molecular weight excluding hydrogens is 282 g/mol. The molecule has 2 heterocycles. The smallest absolute Gasteiger partial charge is 0.294 e. The third kappa shape index (κ3) is 3.96. The van der Waals surface area contributed by atoms with E-state index < -0.39 is 0 Å². The molecule has 4 nitrogen and oxygen atoms in total. The lowest BCUT2D eigenvalue weighted by Crippen LogP contribution is -2.35. The lowest BCUT2D eigenvalue weighted by molar-refractivity contribution is 0.165. The Balaban J connectivity index is 2.09. The fourth-order valence-electron chi connectivity index (χ4n) is 2.09. The van der Waals surface area contributed by atoms with Crippen molar-refractivity contribution >= 4 is 16.9 Å². The van der Waals surface area contributed by atoms with Crippen molar-refractivity contribution in [3.63, 3.8) is 0 Å². The summed E-state index contributed by atoms with van der Waals surface area (Å²) in [7, 11) is 0. The van der Waals surface area contributed by atoms with Crippen LogP contribution < -0.4 is 10.1 Å². The van der Waals surface area contributed by atoms with Crippen LogP contribution in [0.3, 0.4) is 0 Å². The number of allylic oxidation sites excluding steroid dienone is 4. The molecule has 1 aromatic rings. The second kappa shape index (κ2) is 7.65. The van der Waals surface area contributed by atoms with Crippen LogP contribution in [0.4, 0.5) is 0 Å². The van der Waals surface area contributed by atoms with Crippen LogP contribution in [0.15, 0.2) is 30.5 Å². The molecule has 1 aromatic heterocycles. The van der Waals surface area contributed by atoms with Gasteiger partial charge in [0, 0.05) is 18.0 Å². The highest BCUT2D eigenvalue weighted by molar-refractivity contribution is 7.14. The molecule has 0 amide bonds. The van der Waals surface area contributed by atoms with Crippen LogP contribution in [-0.2, 0) is 0 Å². The van der Waals surface area contributed by atoms with Crippen molar-refractivity contribution in [3.8, 4) is 17.5 Å². The Morgan fingerprint density at radius 3 is 3.19 bits per heavy atom. The maximum Gasteiger partial charge on any atom is 0.294 e. The highest BCUT2D eigenvalue weighted by Gasteiger charge is 2.23. The van der Waals surface area contributed by atoms with Crippen LogP contribution in [-0.4, -0.2) is 22.8 Å². The Hall–Kier alpha value is -2.06. The topological polar surface area (TPSA) is 47.0 Å². The normalized spacial score (nSPS) is 22.0. The molecule has 0 spiro atoms. The van der Waals surface area contributed by atoms with E-state index in [4.69, 9.17) is 11.2 Å². The van der Waals surface area contributed by atoms with E-state index >= 15 is 0 Å². The average Bonchev–Trinajstić information content (AvgIpc) is 2.97. The second-order valence-corrected chi connectivity index (χ2v) is 5.58. The van der Waals surface area contributed by atoms with Gasteiger partial charge in [0.05, 0.1) is 0 Å². The first-order chi connectivity index (χ1) is 10.3. The third-order valence-electron chi connectivity index (χ3n) is 3.33. The van der Waals surface area contributed by atoms with Gasteiger partial charge in [0.2, 0.25) is 0 Å². The predicted octanol–water partition coefficient (Wildman–Crippen LogP) is 3.02. The highest BCUT2D eigenvalue weighted by Crippen LogP contribution is 2.28. The van der Waals surface area contributed by atoms with Crippen LogP contribution in [0, 0.1) is 18.3 Å². The van der Waals surface area contributed by atoms with Crippen molar-refractivity contribution in [1.82, 2.24) is 15.5 Å². The van der Waals surface area contributed by atoms with E-state index in [2.05, 4.69) is 28.4 Å². The number of rotatable bonds is 5. The fourth-order valence-corrected chi connectivity index (χ4v) is 2.88. The Bertz CT molecular complexity index is 595. The summed E-state index contributed by atoms with van der Waals surface area (Å²) in [5.41, 5.74) is 0.952. The van der Waals surface area contributed by atoms with Gasteiger partial charge in [-0.3, -0.25) is 0 Å². The molecule has 0 saturated heterocycles. The summed E-state index contributed by atoms with van der Waals surface area (Å²) in [5.74, 6) is 2.92. The van der Waals surface area contributed by atoms with Gasteiger partial charge in [-0.2, -0.15) is 0 Å². The largest absolute Gasteiger partial charge is 0.461 e. The number of hydrogen-bond donors (Lipinski definition) is 1. The van der Waals surface area contributed by atoms with Gasteiger partial charge in [-0.1, -0.05) is 35.4 Å². The Labute approximate surface area is 129 Å². The molecule has 0 aromatic carbocycles. The Morgan fingerprint density at radius 1 is 1.62 bits per heavy atom. The number of hydrogen-bond acceptors (Lipinski definition) is 5. The lowest BCUT2D eigenvalue weighted by Gasteiger charge is -2.26. The van der Waals surface area contributed by atoms with E-state index in [1.54, 1.807) is 6.08 Å². The summed E-state index contributed by atoms with van der Waals surface area (Å²) < 4.78 is 5.97. The monoisotopic (exact) mass is 301 g/mol. The maximum atomic E-state index is 5.97. The van der Waals surface area contributed by atoms with Crippen LogP contribution in [0.25, 0.3) is 5.57 Å². The average molecular weight is 301 g/mol. The van der Waals surface area contributed by atoms with Crippen LogP contribution in [0.1, 0.15) is 25.3 Å². The minimum Gasteiger partial charge on any atom is -0.461 e. The van der Waals surface area contributed by atoms with Crippen LogP contribution >= 0.6 is 11.3 Å². The standard InChI is InChI=1S/C16H19N3OS/c1-4-7-8-12(5-2)15-18-19-16(21-15)20-14-9-10-17-11-13(14)6-3/h1,5,7-10,13-14,17H,6,11H2,2-3H3/b8-7-,12-5+. The summed E-state index contributed by atoms with van der Waals surface area (Å²) in [6, 6.07) is 0. The summed E-state index contributed by atoms with van der Waals surface area (Å²) in [6.45, 7) is 5.03. The fraction of sp³-hybridized carbons (Fsp3) is 0.375. The first kappa shape index (κ1) is 15.3. The van der Waals surface area contributed by atoms with Crippen molar-refractivity contribution in [2.75, 3.05) is 6.54 Å². The van der Waals surface area contributed by atoms with Crippen LogP contribution in [0.2, 0.25) is 0 Å². The van der Waals surface area contributed by atoms with E-state index in [0.29, 0.717) is 11.1 Å². The number of nitrogens with one attached hydrogen (secondary N) is 1. The van der Waals surface area contributed by atoms with Crippen molar-refractivity contribution in [3.05, 3.63) is 35.5 Å². The Kier molecular flexibility index (Phi) is 5.59. The zero-order valence-electron chi connectivity index (χ0n) is 12.2. The van der Waals surface area contributed by atoms with E-state index in [0.717, 1.165) is 23.5 Å². The van der Waals surface area contributed by atoms with Gasteiger partial charge in [-0.15, -0.1) is 11.5 Å². The maximum absolute atomic E-state index is 5.97. The molecule has 2 atom stereocenters. The van der Waals surface area contributed by atoms with E-state index in [1.165, 1.54) is 11.3 Å². The highest BCUT2D eigenvalue weighted by atomic mass is 32.1. The molecule has 2 unspecified atom stereocenters. The van der Waals surface area contributed by atoms with Crippen molar-refractivity contribution in [2.24, 2.45) is 5.92 Å². The first-order valence-corrected chi connectivity index (χ1v) is 7.79. The quantitative estimate of drug-likeness (QED) is 0.671.